The van der Waals surface area contributed by atoms with Crippen molar-refractivity contribution in [2.45, 2.75) is 51.0 Å². The number of piperidine rings is 1. The van der Waals surface area contributed by atoms with Gasteiger partial charge < -0.3 is 10.0 Å². The number of carboxylic acid groups (broad SMARTS) is 1. The quantitative estimate of drug-likeness (QED) is 0.865. The highest BCUT2D eigenvalue weighted by molar-refractivity contribution is 5.94. The summed E-state index contributed by atoms with van der Waals surface area (Å²) in [4.78, 5) is 25.9. The standard InChI is InChI=1S/C18H23N5O3/c24-16(25)11-23-15(7-8-19-23)12-4-3-9-22(10-12)18(26)17-13-5-1-2-6-14(13)20-21-17/h7-8,12H,1-6,9-11H2,(H,20,21)(H,24,25)/t12-/m0/s1. The zero-order chi connectivity index (χ0) is 18.1. The summed E-state index contributed by atoms with van der Waals surface area (Å²) < 4.78 is 1.53. The van der Waals surface area contributed by atoms with Crippen molar-refractivity contribution in [3.8, 4) is 0 Å². The fraction of sp³-hybridized carbons (Fsp3) is 0.556. The van der Waals surface area contributed by atoms with E-state index in [1.807, 2.05) is 11.0 Å². The number of fused-ring (bicyclic) bond motifs is 1. The molecule has 2 aliphatic rings. The number of aromatic nitrogens is 4. The lowest BCUT2D eigenvalue weighted by molar-refractivity contribution is -0.137. The molecule has 2 aromatic heterocycles. The van der Waals surface area contributed by atoms with Crippen molar-refractivity contribution >= 4 is 11.9 Å². The van der Waals surface area contributed by atoms with Crippen molar-refractivity contribution in [3.05, 3.63) is 34.9 Å². The lowest BCUT2D eigenvalue weighted by atomic mass is 9.93. The van der Waals surface area contributed by atoms with E-state index in [0.717, 1.165) is 55.5 Å². The zero-order valence-corrected chi connectivity index (χ0v) is 14.6. The summed E-state index contributed by atoms with van der Waals surface area (Å²) in [7, 11) is 0. The number of hydrogen-bond acceptors (Lipinski definition) is 4. The third kappa shape index (κ3) is 3.11. The first-order valence-corrected chi connectivity index (χ1v) is 9.22. The number of rotatable bonds is 4. The van der Waals surface area contributed by atoms with Gasteiger partial charge in [-0.15, -0.1) is 0 Å². The Balaban J connectivity index is 1.52. The second kappa shape index (κ2) is 6.93. The van der Waals surface area contributed by atoms with Crippen LogP contribution < -0.4 is 0 Å². The van der Waals surface area contributed by atoms with E-state index < -0.39 is 5.97 Å². The van der Waals surface area contributed by atoms with Crippen molar-refractivity contribution < 1.29 is 14.7 Å². The summed E-state index contributed by atoms with van der Waals surface area (Å²) in [6, 6.07) is 1.86. The Kier molecular flexibility index (Phi) is 4.48. The van der Waals surface area contributed by atoms with Crippen molar-refractivity contribution in [2.24, 2.45) is 0 Å². The molecular weight excluding hydrogens is 334 g/mol. The number of H-pyrrole nitrogens is 1. The maximum absolute atomic E-state index is 13.0. The summed E-state index contributed by atoms with van der Waals surface area (Å²) in [5.41, 5.74) is 3.64. The molecule has 1 aliphatic heterocycles. The molecule has 0 bridgehead atoms. The van der Waals surface area contributed by atoms with Gasteiger partial charge in [0.1, 0.15) is 6.54 Å². The van der Waals surface area contributed by atoms with Crippen molar-refractivity contribution in [3.63, 3.8) is 0 Å². The summed E-state index contributed by atoms with van der Waals surface area (Å²) in [6.45, 7) is 1.13. The number of carbonyl (C=O) groups excluding carboxylic acids is 1. The summed E-state index contributed by atoms with van der Waals surface area (Å²) in [5.74, 6) is -0.829. The molecule has 1 amide bonds. The van der Waals surface area contributed by atoms with E-state index in [0.29, 0.717) is 18.8 Å². The number of aryl methyl sites for hydroxylation is 1. The van der Waals surface area contributed by atoms with Gasteiger partial charge in [-0.3, -0.25) is 19.4 Å². The van der Waals surface area contributed by atoms with Crippen LogP contribution in [-0.2, 0) is 24.2 Å². The molecule has 8 heteroatoms. The predicted molar refractivity (Wildman–Crippen MR) is 93.0 cm³/mol. The van der Waals surface area contributed by atoms with Crippen LogP contribution in [0.5, 0.6) is 0 Å². The van der Waals surface area contributed by atoms with Crippen LogP contribution in [0.15, 0.2) is 12.3 Å². The molecule has 0 unspecified atom stereocenters. The van der Waals surface area contributed by atoms with Crippen molar-refractivity contribution in [1.29, 1.82) is 0 Å². The number of aliphatic carboxylic acids is 1. The van der Waals surface area contributed by atoms with Gasteiger partial charge in [0, 0.05) is 42.2 Å². The highest BCUT2D eigenvalue weighted by Crippen LogP contribution is 2.29. The van der Waals surface area contributed by atoms with E-state index in [1.165, 1.54) is 4.68 Å². The smallest absolute Gasteiger partial charge is 0.325 e. The minimum atomic E-state index is -0.915. The van der Waals surface area contributed by atoms with E-state index in [4.69, 9.17) is 5.11 Å². The number of nitrogens with zero attached hydrogens (tertiary/aromatic N) is 4. The normalized spacial score (nSPS) is 20.0. The van der Waals surface area contributed by atoms with Gasteiger partial charge in [0.25, 0.3) is 5.91 Å². The molecule has 3 heterocycles. The molecule has 2 N–H and O–H groups in total. The second-order valence-corrected chi connectivity index (χ2v) is 7.13. The molecule has 26 heavy (non-hydrogen) atoms. The highest BCUT2D eigenvalue weighted by Gasteiger charge is 2.31. The average Bonchev–Trinajstić information content (AvgIpc) is 3.27. The Labute approximate surface area is 151 Å². The van der Waals surface area contributed by atoms with Crippen LogP contribution in [0.2, 0.25) is 0 Å². The molecule has 2 aromatic rings. The number of aromatic amines is 1. The van der Waals surface area contributed by atoms with Gasteiger partial charge in [-0.25, -0.2) is 0 Å². The molecule has 0 radical (unpaired) electrons. The highest BCUT2D eigenvalue weighted by atomic mass is 16.4. The Morgan fingerprint density at radius 2 is 2.12 bits per heavy atom. The first-order chi connectivity index (χ1) is 12.6. The van der Waals surface area contributed by atoms with Gasteiger partial charge in [0.2, 0.25) is 0 Å². The van der Waals surface area contributed by atoms with E-state index >= 15 is 0 Å². The predicted octanol–water partition coefficient (Wildman–Crippen LogP) is 1.59. The second-order valence-electron chi connectivity index (χ2n) is 7.13. The molecule has 1 aliphatic carbocycles. The van der Waals surface area contributed by atoms with E-state index in [-0.39, 0.29) is 18.4 Å². The van der Waals surface area contributed by atoms with Crippen LogP contribution >= 0.6 is 0 Å². The van der Waals surface area contributed by atoms with Gasteiger partial charge in [0.05, 0.1) is 0 Å². The van der Waals surface area contributed by atoms with E-state index in [9.17, 15) is 9.59 Å². The van der Waals surface area contributed by atoms with Gasteiger partial charge in [-0.1, -0.05) is 0 Å². The lowest BCUT2D eigenvalue weighted by Gasteiger charge is -2.32. The molecule has 4 rings (SSSR count). The van der Waals surface area contributed by atoms with Gasteiger partial charge >= 0.3 is 5.97 Å². The summed E-state index contributed by atoms with van der Waals surface area (Å²) in [6.07, 6.45) is 7.56. The Morgan fingerprint density at radius 1 is 1.27 bits per heavy atom. The third-order valence-electron chi connectivity index (χ3n) is 5.42. The van der Waals surface area contributed by atoms with E-state index in [2.05, 4.69) is 15.3 Å². The van der Waals surface area contributed by atoms with Crippen LogP contribution in [0.4, 0.5) is 0 Å². The average molecular weight is 357 g/mol. The zero-order valence-electron chi connectivity index (χ0n) is 14.6. The van der Waals surface area contributed by atoms with Crippen molar-refractivity contribution in [1.82, 2.24) is 24.9 Å². The van der Waals surface area contributed by atoms with Crippen LogP contribution in [-0.4, -0.2) is 55.0 Å². The Morgan fingerprint density at radius 3 is 2.96 bits per heavy atom. The molecule has 0 aromatic carbocycles. The Bertz CT molecular complexity index is 825. The van der Waals surface area contributed by atoms with Crippen molar-refractivity contribution in [2.75, 3.05) is 13.1 Å². The molecule has 8 nitrogen and oxygen atoms in total. The molecule has 0 spiro atoms. The molecule has 1 atom stereocenters. The molecule has 1 saturated heterocycles. The fourth-order valence-corrected chi connectivity index (χ4v) is 4.16. The largest absolute Gasteiger partial charge is 0.480 e. The van der Waals surface area contributed by atoms with Crippen LogP contribution in [0.3, 0.4) is 0 Å². The number of amides is 1. The number of likely N-dealkylation sites (tertiary alicyclic amines) is 1. The van der Waals surface area contributed by atoms with Gasteiger partial charge in [0.15, 0.2) is 5.69 Å². The Hall–Kier alpha value is -2.64. The lowest BCUT2D eigenvalue weighted by Crippen LogP contribution is -2.40. The maximum atomic E-state index is 13.0. The topological polar surface area (TPSA) is 104 Å². The molecule has 0 saturated carbocycles. The minimum Gasteiger partial charge on any atom is -0.480 e. The fourth-order valence-electron chi connectivity index (χ4n) is 4.16. The van der Waals surface area contributed by atoms with Gasteiger partial charge in [-0.2, -0.15) is 10.2 Å². The number of nitrogens with one attached hydrogen (secondary N) is 1. The minimum absolute atomic E-state index is 0.0154. The van der Waals surface area contributed by atoms with E-state index in [1.54, 1.807) is 6.20 Å². The van der Waals surface area contributed by atoms with Crippen LogP contribution in [0.1, 0.15) is 59.0 Å². The maximum Gasteiger partial charge on any atom is 0.325 e. The van der Waals surface area contributed by atoms with Crippen LogP contribution in [0, 0.1) is 0 Å². The molecule has 138 valence electrons. The number of hydrogen-bond donors (Lipinski definition) is 2. The van der Waals surface area contributed by atoms with Crippen LogP contribution in [0.25, 0.3) is 0 Å². The summed E-state index contributed by atoms with van der Waals surface area (Å²) >= 11 is 0. The first kappa shape index (κ1) is 16.8. The number of carboxylic acids is 1. The molecular formula is C18H23N5O3. The number of carbonyl (C=O) groups is 2. The monoisotopic (exact) mass is 357 g/mol. The van der Waals surface area contributed by atoms with Gasteiger partial charge in [-0.05, 0) is 44.6 Å². The SMILES string of the molecule is O=C(O)Cn1nccc1[C@H]1CCCN(C(=O)c2n[nH]c3c2CCCC3)C1. The molecule has 1 fully saturated rings. The first-order valence-electron chi connectivity index (χ1n) is 9.22. The summed E-state index contributed by atoms with van der Waals surface area (Å²) in [5, 5.41) is 20.5. The third-order valence-corrected chi connectivity index (χ3v) is 5.42.